The average molecular weight is 269 g/mol. The number of β-amino-alcohol motifs (C(OH)–C–C–N with tert-alkyl or cyclic N) is 1. The molecule has 2 rings (SSSR count). The first-order chi connectivity index (χ1) is 9.03. The van der Waals surface area contributed by atoms with Gasteiger partial charge in [0.05, 0.1) is 11.7 Å². The van der Waals surface area contributed by atoms with Crippen LogP contribution in [-0.2, 0) is 0 Å². The summed E-state index contributed by atoms with van der Waals surface area (Å²) in [7, 11) is 0. The number of hydrogen-bond acceptors (Lipinski definition) is 3. The highest BCUT2D eigenvalue weighted by molar-refractivity contribution is 4.91. The number of nitrogens with zero attached hydrogens (tertiary/aromatic N) is 1. The standard InChI is InChI=1S/C16H31NO2/c1-3-16(2,19)12-17-11-7-6-9-14(17)13-8-4-5-10-15(13)18/h13-15,18-19H,3-12H2,1-2H3. The van der Waals surface area contributed by atoms with Crippen LogP contribution in [0.1, 0.15) is 65.2 Å². The number of piperidine rings is 1. The summed E-state index contributed by atoms with van der Waals surface area (Å²) in [5.74, 6) is 0.432. The van der Waals surface area contributed by atoms with Gasteiger partial charge in [-0.25, -0.2) is 0 Å². The van der Waals surface area contributed by atoms with Gasteiger partial charge in [-0.2, -0.15) is 0 Å². The van der Waals surface area contributed by atoms with Crippen molar-refractivity contribution in [2.24, 2.45) is 5.92 Å². The van der Waals surface area contributed by atoms with Crippen LogP contribution in [0.5, 0.6) is 0 Å². The normalized spacial score (nSPS) is 36.9. The van der Waals surface area contributed by atoms with E-state index in [0.717, 1.165) is 32.4 Å². The fraction of sp³-hybridized carbons (Fsp3) is 1.00. The van der Waals surface area contributed by atoms with Gasteiger partial charge in [0.2, 0.25) is 0 Å². The summed E-state index contributed by atoms with van der Waals surface area (Å²) in [5, 5.41) is 20.7. The quantitative estimate of drug-likeness (QED) is 0.824. The van der Waals surface area contributed by atoms with E-state index < -0.39 is 5.60 Å². The van der Waals surface area contributed by atoms with Crippen LogP contribution in [0.25, 0.3) is 0 Å². The van der Waals surface area contributed by atoms with E-state index in [2.05, 4.69) is 11.8 Å². The number of aliphatic hydroxyl groups is 2. The van der Waals surface area contributed by atoms with Crippen molar-refractivity contribution >= 4 is 0 Å². The summed E-state index contributed by atoms with van der Waals surface area (Å²) >= 11 is 0. The van der Waals surface area contributed by atoms with Crippen LogP contribution < -0.4 is 0 Å². The summed E-state index contributed by atoms with van der Waals surface area (Å²) < 4.78 is 0. The average Bonchev–Trinajstić information content (AvgIpc) is 2.40. The van der Waals surface area contributed by atoms with Crippen molar-refractivity contribution in [1.29, 1.82) is 0 Å². The summed E-state index contributed by atoms with van der Waals surface area (Å²) in [6.07, 6.45) is 8.96. The van der Waals surface area contributed by atoms with E-state index in [1.54, 1.807) is 0 Å². The third-order valence-electron chi connectivity index (χ3n) is 5.25. The lowest BCUT2D eigenvalue weighted by molar-refractivity contribution is -0.0473. The van der Waals surface area contributed by atoms with Gasteiger partial charge in [-0.05, 0) is 45.6 Å². The Morgan fingerprint density at radius 2 is 1.79 bits per heavy atom. The van der Waals surface area contributed by atoms with Crippen LogP contribution in [0.3, 0.4) is 0 Å². The maximum Gasteiger partial charge on any atom is 0.0743 e. The second kappa shape index (κ2) is 6.55. The van der Waals surface area contributed by atoms with Gasteiger partial charge in [0.15, 0.2) is 0 Å². The molecule has 3 nitrogen and oxygen atoms in total. The van der Waals surface area contributed by atoms with Gasteiger partial charge in [-0.3, -0.25) is 4.90 Å². The molecule has 1 aliphatic carbocycles. The Kier molecular flexibility index (Phi) is 5.27. The second-order valence-electron chi connectivity index (χ2n) is 6.90. The molecule has 0 amide bonds. The maximum absolute atomic E-state index is 10.4. The predicted molar refractivity (Wildman–Crippen MR) is 78.1 cm³/mol. The molecule has 1 heterocycles. The molecule has 0 spiro atoms. The van der Waals surface area contributed by atoms with Crippen LogP contribution in [0, 0.1) is 5.92 Å². The van der Waals surface area contributed by atoms with Gasteiger partial charge >= 0.3 is 0 Å². The lowest BCUT2D eigenvalue weighted by Crippen LogP contribution is -2.53. The number of aliphatic hydroxyl groups excluding tert-OH is 1. The molecule has 2 fully saturated rings. The van der Waals surface area contributed by atoms with E-state index in [9.17, 15) is 10.2 Å². The van der Waals surface area contributed by atoms with Gasteiger partial charge in [-0.15, -0.1) is 0 Å². The van der Waals surface area contributed by atoms with E-state index in [0.29, 0.717) is 12.0 Å². The van der Waals surface area contributed by atoms with Gasteiger partial charge in [0.1, 0.15) is 0 Å². The largest absolute Gasteiger partial charge is 0.393 e. The van der Waals surface area contributed by atoms with E-state index in [1.165, 1.54) is 32.1 Å². The van der Waals surface area contributed by atoms with E-state index in [4.69, 9.17) is 0 Å². The molecule has 3 heteroatoms. The van der Waals surface area contributed by atoms with Crippen molar-refractivity contribution in [3.63, 3.8) is 0 Å². The molecule has 0 bridgehead atoms. The van der Waals surface area contributed by atoms with Crippen molar-refractivity contribution < 1.29 is 10.2 Å². The van der Waals surface area contributed by atoms with Gasteiger partial charge < -0.3 is 10.2 Å². The van der Waals surface area contributed by atoms with Gasteiger partial charge in [0, 0.05) is 18.5 Å². The van der Waals surface area contributed by atoms with Gasteiger partial charge in [-0.1, -0.05) is 26.2 Å². The smallest absolute Gasteiger partial charge is 0.0743 e. The van der Waals surface area contributed by atoms with E-state index >= 15 is 0 Å². The summed E-state index contributed by atoms with van der Waals surface area (Å²) in [4.78, 5) is 2.46. The zero-order chi connectivity index (χ0) is 13.9. The first kappa shape index (κ1) is 15.3. The van der Waals surface area contributed by atoms with Crippen LogP contribution in [0.4, 0.5) is 0 Å². The first-order valence-corrected chi connectivity index (χ1v) is 8.18. The molecule has 0 radical (unpaired) electrons. The molecule has 4 atom stereocenters. The highest BCUT2D eigenvalue weighted by Crippen LogP contribution is 2.34. The molecule has 4 unspecified atom stereocenters. The first-order valence-electron chi connectivity index (χ1n) is 8.18. The van der Waals surface area contributed by atoms with E-state index in [1.807, 2.05) is 6.92 Å². The highest BCUT2D eigenvalue weighted by Gasteiger charge is 2.37. The van der Waals surface area contributed by atoms with Crippen molar-refractivity contribution in [1.82, 2.24) is 4.90 Å². The molecule has 2 aliphatic rings. The van der Waals surface area contributed by atoms with Gasteiger partial charge in [0.25, 0.3) is 0 Å². The summed E-state index contributed by atoms with van der Waals surface area (Å²) in [5.41, 5.74) is -0.588. The van der Waals surface area contributed by atoms with E-state index in [-0.39, 0.29) is 6.10 Å². The molecule has 19 heavy (non-hydrogen) atoms. The molecule has 2 N–H and O–H groups in total. The monoisotopic (exact) mass is 269 g/mol. The predicted octanol–water partition coefficient (Wildman–Crippen LogP) is 2.55. The van der Waals surface area contributed by atoms with Crippen LogP contribution >= 0.6 is 0 Å². The van der Waals surface area contributed by atoms with Crippen molar-refractivity contribution in [2.75, 3.05) is 13.1 Å². The van der Waals surface area contributed by atoms with Crippen LogP contribution in [0.15, 0.2) is 0 Å². The third-order valence-corrected chi connectivity index (χ3v) is 5.25. The van der Waals surface area contributed by atoms with Crippen molar-refractivity contribution in [3.8, 4) is 0 Å². The Bertz CT molecular complexity index is 280. The number of hydrogen-bond donors (Lipinski definition) is 2. The lowest BCUT2D eigenvalue weighted by atomic mass is 9.77. The Morgan fingerprint density at radius 3 is 2.47 bits per heavy atom. The topological polar surface area (TPSA) is 43.7 Å². The Labute approximate surface area is 118 Å². The zero-order valence-electron chi connectivity index (χ0n) is 12.6. The lowest BCUT2D eigenvalue weighted by Gasteiger charge is -2.45. The fourth-order valence-corrected chi connectivity index (χ4v) is 3.84. The summed E-state index contributed by atoms with van der Waals surface area (Å²) in [6.45, 7) is 5.84. The minimum atomic E-state index is -0.588. The molecular weight excluding hydrogens is 238 g/mol. The number of likely N-dealkylation sites (tertiary alicyclic amines) is 1. The molecule has 0 aromatic heterocycles. The minimum Gasteiger partial charge on any atom is -0.393 e. The van der Waals surface area contributed by atoms with Crippen LogP contribution in [-0.4, -0.2) is 45.9 Å². The van der Waals surface area contributed by atoms with Crippen molar-refractivity contribution in [2.45, 2.75) is 83.0 Å². The Morgan fingerprint density at radius 1 is 1.11 bits per heavy atom. The Balaban J connectivity index is 2.02. The highest BCUT2D eigenvalue weighted by atomic mass is 16.3. The molecule has 1 saturated heterocycles. The third kappa shape index (κ3) is 3.93. The van der Waals surface area contributed by atoms with Crippen LogP contribution in [0.2, 0.25) is 0 Å². The number of rotatable bonds is 4. The van der Waals surface area contributed by atoms with Crippen molar-refractivity contribution in [3.05, 3.63) is 0 Å². The molecule has 1 aliphatic heterocycles. The second-order valence-corrected chi connectivity index (χ2v) is 6.90. The zero-order valence-corrected chi connectivity index (χ0v) is 12.6. The molecule has 0 aromatic rings. The molecule has 112 valence electrons. The molecule has 1 saturated carbocycles. The Hall–Kier alpha value is -0.120. The fourth-order valence-electron chi connectivity index (χ4n) is 3.84. The summed E-state index contributed by atoms with van der Waals surface area (Å²) in [6, 6.07) is 0.488. The minimum absolute atomic E-state index is 0.120. The maximum atomic E-state index is 10.4. The SMILES string of the molecule is CCC(C)(O)CN1CCCCC1C1CCCCC1O. The molecule has 0 aromatic carbocycles. The molecular formula is C16H31NO2.